The van der Waals surface area contributed by atoms with Gasteiger partial charge in [0.25, 0.3) is 0 Å². The molecule has 3 aromatic rings. The second-order valence-corrected chi connectivity index (χ2v) is 8.98. The molecule has 6 nitrogen and oxygen atoms in total. The van der Waals surface area contributed by atoms with Gasteiger partial charge in [0, 0.05) is 12.8 Å². The predicted molar refractivity (Wildman–Crippen MR) is 134 cm³/mol. The van der Waals surface area contributed by atoms with Crippen LogP contribution in [0.15, 0.2) is 78.9 Å². The van der Waals surface area contributed by atoms with E-state index in [1.807, 2.05) is 42.5 Å². The summed E-state index contributed by atoms with van der Waals surface area (Å²) in [6, 6.07) is 25.8. The Morgan fingerprint density at radius 1 is 0.944 bits per heavy atom. The van der Waals surface area contributed by atoms with Crippen molar-refractivity contribution in [3.05, 3.63) is 90.0 Å². The molecular weight excluding hydrogens is 478 g/mol. The number of benzene rings is 3. The van der Waals surface area contributed by atoms with Crippen LogP contribution >= 0.6 is 0 Å². The predicted octanol–water partition coefficient (Wildman–Crippen LogP) is 1.12. The third-order valence-corrected chi connectivity index (χ3v) is 6.51. The number of carbonyl (C=O) groups is 1. The van der Waals surface area contributed by atoms with Crippen molar-refractivity contribution in [2.75, 3.05) is 27.3 Å². The van der Waals surface area contributed by atoms with Crippen molar-refractivity contribution < 1.29 is 41.0 Å². The zero-order chi connectivity index (χ0) is 24.5. The van der Waals surface area contributed by atoms with E-state index in [4.69, 9.17) is 18.9 Å². The quantitative estimate of drug-likeness (QED) is 0.327. The number of methoxy groups -OCH3 is 1. The lowest BCUT2D eigenvalue weighted by Crippen LogP contribution is -3.11. The van der Waals surface area contributed by atoms with E-state index in [-0.39, 0.29) is 18.5 Å². The van der Waals surface area contributed by atoms with Gasteiger partial charge in [-0.25, -0.2) is 4.79 Å². The molecule has 0 saturated carbocycles. The van der Waals surface area contributed by atoms with E-state index in [0.29, 0.717) is 18.4 Å². The van der Waals surface area contributed by atoms with E-state index in [1.165, 1.54) is 16.0 Å². The van der Waals surface area contributed by atoms with Crippen LogP contribution in [0.2, 0.25) is 0 Å². The molecule has 0 bridgehead atoms. The molecule has 1 aliphatic rings. The Morgan fingerprint density at radius 2 is 1.69 bits per heavy atom. The first kappa shape index (κ1) is 27.4. The molecule has 3 atom stereocenters. The van der Waals surface area contributed by atoms with E-state index in [0.717, 1.165) is 43.7 Å². The second-order valence-electron chi connectivity index (χ2n) is 8.98. The third kappa shape index (κ3) is 7.90. The van der Waals surface area contributed by atoms with Gasteiger partial charge >= 0.3 is 6.16 Å². The van der Waals surface area contributed by atoms with Crippen molar-refractivity contribution in [2.45, 2.75) is 37.8 Å². The van der Waals surface area contributed by atoms with Gasteiger partial charge in [-0.15, -0.1) is 0 Å². The Kier molecular flexibility index (Phi) is 10.5. The van der Waals surface area contributed by atoms with Crippen molar-refractivity contribution in [3.63, 3.8) is 0 Å². The summed E-state index contributed by atoms with van der Waals surface area (Å²) in [5.74, 6) is 2.31. The summed E-state index contributed by atoms with van der Waals surface area (Å²) in [5.41, 5.74) is 2.44. The molecule has 1 unspecified atom stereocenters. The van der Waals surface area contributed by atoms with Crippen LogP contribution in [-0.2, 0) is 17.6 Å². The Balaban J connectivity index is 0.00000361. The van der Waals surface area contributed by atoms with Crippen LogP contribution in [0, 0.1) is 0 Å². The lowest BCUT2D eigenvalue weighted by Gasteiger charge is -2.17. The maximum Gasteiger partial charge on any atom is 0.514 e. The second kappa shape index (κ2) is 13.8. The van der Waals surface area contributed by atoms with Crippen molar-refractivity contribution in [2.24, 2.45) is 0 Å². The molecule has 1 heterocycles. The van der Waals surface area contributed by atoms with Gasteiger partial charge in [-0.05, 0) is 54.3 Å². The number of para-hydroxylation sites is 2. The molecule has 36 heavy (non-hydrogen) atoms. The number of quaternary nitrogens is 1. The minimum Gasteiger partial charge on any atom is -1.00 e. The molecule has 4 rings (SSSR count). The van der Waals surface area contributed by atoms with Gasteiger partial charge in [0.05, 0.1) is 26.8 Å². The number of aryl methyl sites for hydroxylation is 2. The maximum absolute atomic E-state index is 12.1. The number of carbonyl (C=O) groups excluding carboxylic acids is 1. The first-order valence-corrected chi connectivity index (χ1v) is 12.2. The third-order valence-electron chi connectivity index (χ3n) is 6.51. The molecule has 1 aliphatic heterocycles. The van der Waals surface area contributed by atoms with Gasteiger partial charge < -0.3 is 36.3 Å². The van der Waals surface area contributed by atoms with Crippen LogP contribution in [0.25, 0.3) is 0 Å². The van der Waals surface area contributed by atoms with Gasteiger partial charge in [-0.3, -0.25) is 0 Å². The first-order chi connectivity index (χ1) is 17.1. The van der Waals surface area contributed by atoms with E-state index < -0.39 is 6.16 Å². The molecule has 0 spiro atoms. The van der Waals surface area contributed by atoms with Crippen LogP contribution < -0.4 is 31.5 Å². The average Bonchev–Trinajstić information content (AvgIpc) is 3.22. The van der Waals surface area contributed by atoms with Gasteiger partial charge in [-0.1, -0.05) is 48.5 Å². The molecule has 1 saturated heterocycles. The lowest BCUT2D eigenvalue weighted by atomic mass is 10.0. The first-order valence-electron chi connectivity index (χ1n) is 12.2. The highest BCUT2D eigenvalue weighted by Gasteiger charge is 2.36. The molecule has 0 aromatic heterocycles. The summed E-state index contributed by atoms with van der Waals surface area (Å²) in [4.78, 5) is 13.5. The fourth-order valence-corrected chi connectivity index (χ4v) is 4.60. The van der Waals surface area contributed by atoms with E-state index in [2.05, 4.69) is 31.3 Å². The van der Waals surface area contributed by atoms with Gasteiger partial charge in [-0.2, -0.15) is 0 Å². The largest absolute Gasteiger partial charge is 1.00 e. The van der Waals surface area contributed by atoms with Gasteiger partial charge in [0.15, 0.2) is 6.10 Å². The molecular formula is C29H34ClNO5. The van der Waals surface area contributed by atoms with Crippen molar-refractivity contribution >= 4 is 6.16 Å². The van der Waals surface area contributed by atoms with Crippen LogP contribution in [0.4, 0.5) is 4.79 Å². The summed E-state index contributed by atoms with van der Waals surface area (Å²) >= 11 is 0. The number of hydrogen-bond acceptors (Lipinski definition) is 5. The molecule has 0 amide bonds. The van der Waals surface area contributed by atoms with Gasteiger partial charge in [0.1, 0.15) is 23.8 Å². The summed E-state index contributed by atoms with van der Waals surface area (Å²) < 4.78 is 22.4. The van der Waals surface area contributed by atoms with Crippen molar-refractivity contribution in [1.82, 2.24) is 0 Å². The number of rotatable bonds is 10. The zero-order valence-corrected chi connectivity index (χ0v) is 21.6. The SMILES string of the molecule is COc1cccc(CCc2ccccc2OCC[C@@H]2C[C@@H](OC(=O)Oc3ccccc3)C[NH+]2C)c1.[Cl-]. The van der Waals surface area contributed by atoms with Gasteiger partial charge in [0.2, 0.25) is 0 Å². The van der Waals surface area contributed by atoms with Crippen LogP contribution in [0.3, 0.4) is 0 Å². The van der Waals surface area contributed by atoms with E-state index in [1.54, 1.807) is 19.2 Å². The van der Waals surface area contributed by atoms with Crippen LogP contribution in [0.5, 0.6) is 17.2 Å². The fourth-order valence-electron chi connectivity index (χ4n) is 4.60. The summed E-state index contributed by atoms with van der Waals surface area (Å²) in [5, 5.41) is 0. The van der Waals surface area contributed by atoms with Crippen molar-refractivity contribution in [3.8, 4) is 17.2 Å². The smallest absolute Gasteiger partial charge is 0.514 e. The topological polar surface area (TPSA) is 58.4 Å². The molecule has 1 fully saturated rings. The molecule has 3 aromatic carbocycles. The standard InChI is InChI=1S/C29H33NO5.ClH/c1-30-21-27(35-29(31)34-25-11-4-3-5-12-25)20-24(30)17-18-33-28-14-7-6-10-23(28)16-15-22-9-8-13-26(19-22)32-2;/h3-14,19,24,27H,15-18,20-21H2,1-2H3;1H/t24-,27-;/m1./s1. The van der Waals surface area contributed by atoms with E-state index in [9.17, 15) is 4.79 Å². The zero-order valence-electron chi connectivity index (χ0n) is 20.8. The Morgan fingerprint density at radius 3 is 2.50 bits per heavy atom. The highest BCUT2D eigenvalue weighted by molar-refractivity contribution is 5.63. The number of hydrogen-bond donors (Lipinski definition) is 1. The Hall–Kier alpha value is -3.22. The minimum absolute atomic E-state index is 0. The molecule has 1 N–H and O–H groups in total. The van der Waals surface area contributed by atoms with Crippen LogP contribution in [-0.4, -0.2) is 45.6 Å². The lowest BCUT2D eigenvalue weighted by molar-refractivity contribution is -0.893. The van der Waals surface area contributed by atoms with Crippen LogP contribution in [0.1, 0.15) is 24.0 Å². The fraction of sp³-hybridized carbons (Fsp3) is 0.345. The molecule has 7 heteroatoms. The number of ether oxygens (including phenoxy) is 4. The summed E-state index contributed by atoms with van der Waals surface area (Å²) in [6.45, 7) is 1.39. The Labute approximate surface area is 219 Å². The summed E-state index contributed by atoms with van der Waals surface area (Å²) in [7, 11) is 3.83. The number of likely N-dealkylation sites (N-methyl/N-ethyl adjacent to an activating group) is 1. The number of halogens is 1. The highest BCUT2D eigenvalue weighted by atomic mass is 35.5. The normalized spacial score (nSPS) is 18.7. The highest BCUT2D eigenvalue weighted by Crippen LogP contribution is 2.22. The van der Waals surface area contributed by atoms with Crippen molar-refractivity contribution in [1.29, 1.82) is 0 Å². The molecule has 0 aliphatic carbocycles. The molecule has 0 radical (unpaired) electrons. The average molecular weight is 512 g/mol. The minimum atomic E-state index is -0.643. The summed E-state index contributed by atoms with van der Waals surface area (Å²) in [6.07, 6.45) is 2.73. The van der Waals surface area contributed by atoms with E-state index >= 15 is 0 Å². The molecule has 192 valence electrons. The maximum atomic E-state index is 12.1. The monoisotopic (exact) mass is 511 g/mol. The number of likely N-dealkylation sites (tertiary alicyclic amines) is 1. The number of nitrogens with one attached hydrogen (secondary N) is 1. The Bertz CT molecular complexity index is 1090.